The number of nitrogens with one attached hydrogen (secondary N) is 1. The fraction of sp³-hybridized carbons (Fsp3) is 0.571. The predicted molar refractivity (Wildman–Crippen MR) is 74.0 cm³/mol. The monoisotopic (exact) mass is 315 g/mol. The van der Waals surface area contributed by atoms with Crippen molar-refractivity contribution in [2.75, 3.05) is 6.61 Å². The second kappa shape index (κ2) is 5.68. The van der Waals surface area contributed by atoms with Crippen LogP contribution >= 0.6 is 15.9 Å². The lowest BCUT2D eigenvalue weighted by atomic mass is 9.94. The number of hydrogen-bond donors (Lipinski definition) is 1. The van der Waals surface area contributed by atoms with Crippen molar-refractivity contribution in [2.24, 2.45) is 0 Å². The molecule has 2 rings (SSSR count). The number of ether oxygens (including phenoxy) is 1. The minimum Gasteiger partial charge on any atom is -0.375 e. The van der Waals surface area contributed by atoms with Crippen LogP contribution in [-0.2, 0) is 11.3 Å². The molecular weight excluding hydrogens is 297 g/mol. The van der Waals surface area contributed by atoms with Crippen LogP contribution in [0.4, 0.5) is 4.39 Å². The van der Waals surface area contributed by atoms with Crippen LogP contribution in [0.15, 0.2) is 22.7 Å². The molecular formula is C14H19BrFNO. The van der Waals surface area contributed by atoms with Gasteiger partial charge in [0.25, 0.3) is 0 Å². The van der Waals surface area contributed by atoms with E-state index in [0.29, 0.717) is 12.6 Å². The molecule has 1 aliphatic heterocycles. The summed E-state index contributed by atoms with van der Waals surface area (Å²) in [5.74, 6) is -0.192. The molecule has 0 aliphatic carbocycles. The molecule has 0 amide bonds. The highest BCUT2D eigenvalue weighted by atomic mass is 79.9. The van der Waals surface area contributed by atoms with Gasteiger partial charge in [-0.3, -0.25) is 0 Å². The van der Waals surface area contributed by atoms with Gasteiger partial charge in [0.1, 0.15) is 5.82 Å². The summed E-state index contributed by atoms with van der Waals surface area (Å²) in [6.07, 6.45) is 2.00. The van der Waals surface area contributed by atoms with Crippen LogP contribution in [0.1, 0.15) is 32.3 Å². The normalized spacial score (nSPS) is 23.0. The fourth-order valence-electron chi connectivity index (χ4n) is 2.34. The third-order valence-electron chi connectivity index (χ3n) is 3.29. The molecule has 1 atom stereocenters. The molecule has 1 heterocycles. The predicted octanol–water partition coefficient (Wildman–Crippen LogP) is 3.64. The molecule has 1 fully saturated rings. The maximum Gasteiger partial charge on any atom is 0.123 e. The standard InChI is InChI=1S/C14H19BrFNO/c1-14(2)8-12(5-6-18-14)17-9-10-7-11(16)3-4-13(10)15/h3-4,7,12,17H,5-6,8-9H2,1-2H3. The van der Waals surface area contributed by atoms with E-state index in [2.05, 4.69) is 35.1 Å². The van der Waals surface area contributed by atoms with Gasteiger partial charge in [0.2, 0.25) is 0 Å². The Morgan fingerprint density at radius 3 is 3.00 bits per heavy atom. The van der Waals surface area contributed by atoms with Crippen LogP contribution in [0.3, 0.4) is 0 Å². The third kappa shape index (κ3) is 3.77. The number of halogens is 2. The van der Waals surface area contributed by atoms with Crippen molar-refractivity contribution in [3.63, 3.8) is 0 Å². The van der Waals surface area contributed by atoms with Crippen LogP contribution in [0.2, 0.25) is 0 Å². The molecule has 18 heavy (non-hydrogen) atoms. The SMILES string of the molecule is CC1(C)CC(NCc2cc(F)ccc2Br)CCO1. The molecule has 100 valence electrons. The molecule has 1 aromatic carbocycles. The molecule has 2 nitrogen and oxygen atoms in total. The summed E-state index contributed by atoms with van der Waals surface area (Å²) in [5, 5.41) is 3.48. The van der Waals surface area contributed by atoms with E-state index in [1.54, 1.807) is 12.1 Å². The van der Waals surface area contributed by atoms with Gasteiger partial charge in [-0.1, -0.05) is 15.9 Å². The lowest BCUT2D eigenvalue weighted by molar-refractivity contribution is -0.0630. The summed E-state index contributed by atoms with van der Waals surface area (Å²) in [6.45, 7) is 5.69. The largest absolute Gasteiger partial charge is 0.375 e. The molecule has 1 saturated heterocycles. The quantitative estimate of drug-likeness (QED) is 0.919. The Kier molecular flexibility index (Phi) is 4.41. The second-order valence-electron chi connectivity index (χ2n) is 5.41. The van der Waals surface area contributed by atoms with Crippen LogP contribution in [0.5, 0.6) is 0 Å². The summed E-state index contributed by atoms with van der Waals surface area (Å²) in [4.78, 5) is 0. The number of hydrogen-bond acceptors (Lipinski definition) is 2. The van der Waals surface area contributed by atoms with Gasteiger partial charge in [-0.2, -0.15) is 0 Å². The summed E-state index contributed by atoms with van der Waals surface area (Å²) in [7, 11) is 0. The van der Waals surface area contributed by atoms with Crippen molar-refractivity contribution in [2.45, 2.75) is 44.9 Å². The Balaban J connectivity index is 1.93. The molecule has 1 aromatic rings. The van der Waals surface area contributed by atoms with Gasteiger partial charge in [-0.05, 0) is 50.5 Å². The third-order valence-corrected chi connectivity index (χ3v) is 4.06. The first kappa shape index (κ1) is 14.0. The highest BCUT2D eigenvalue weighted by molar-refractivity contribution is 9.10. The highest BCUT2D eigenvalue weighted by Crippen LogP contribution is 2.25. The van der Waals surface area contributed by atoms with Crippen molar-refractivity contribution in [3.8, 4) is 0 Å². The Bertz CT molecular complexity index is 422. The zero-order valence-corrected chi connectivity index (χ0v) is 12.4. The molecule has 4 heteroatoms. The Hall–Kier alpha value is -0.450. The van der Waals surface area contributed by atoms with Gasteiger partial charge in [-0.25, -0.2) is 4.39 Å². The Labute approximate surface area is 116 Å². The lowest BCUT2D eigenvalue weighted by Gasteiger charge is -2.36. The topological polar surface area (TPSA) is 21.3 Å². The van der Waals surface area contributed by atoms with E-state index in [0.717, 1.165) is 29.5 Å². The van der Waals surface area contributed by atoms with Gasteiger partial charge in [-0.15, -0.1) is 0 Å². The highest BCUT2D eigenvalue weighted by Gasteiger charge is 2.28. The molecule has 1 unspecified atom stereocenters. The van der Waals surface area contributed by atoms with Crippen molar-refractivity contribution >= 4 is 15.9 Å². The number of rotatable bonds is 3. The fourth-order valence-corrected chi connectivity index (χ4v) is 2.73. The van der Waals surface area contributed by atoms with Crippen LogP contribution in [0.25, 0.3) is 0 Å². The van der Waals surface area contributed by atoms with Gasteiger partial charge in [0.15, 0.2) is 0 Å². The number of benzene rings is 1. The average molecular weight is 316 g/mol. The zero-order valence-electron chi connectivity index (χ0n) is 10.8. The van der Waals surface area contributed by atoms with E-state index in [9.17, 15) is 4.39 Å². The Morgan fingerprint density at radius 2 is 2.28 bits per heavy atom. The van der Waals surface area contributed by atoms with Crippen LogP contribution in [0, 0.1) is 5.82 Å². The van der Waals surface area contributed by atoms with Gasteiger partial charge in [0.05, 0.1) is 5.60 Å². The summed E-state index contributed by atoms with van der Waals surface area (Å²) in [6, 6.07) is 5.22. The summed E-state index contributed by atoms with van der Waals surface area (Å²) >= 11 is 3.45. The van der Waals surface area contributed by atoms with E-state index >= 15 is 0 Å². The first-order valence-electron chi connectivity index (χ1n) is 6.27. The summed E-state index contributed by atoms with van der Waals surface area (Å²) < 4.78 is 19.8. The van der Waals surface area contributed by atoms with E-state index in [1.807, 2.05) is 0 Å². The van der Waals surface area contributed by atoms with Crippen LogP contribution in [-0.4, -0.2) is 18.2 Å². The molecule has 1 aliphatic rings. The van der Waals surface area contributed by atoms with Crippen LogP contribution < -0.4 is 5.32 Å². The second-order valence-corrected chi connectivity index (χ2v) is 6.27. The van der Waals surface area contributed by atoms with Crippen molar-refractivity contribution in [1.82, 2.24) is 5.32 Å². The molecule has 1 N–H and O–H groups in total. The zero-order chi connectivity index (χ0) is 13.2. The van der Waals surface area contributed by atoms with E-state index in [4.69, 9.17) is 4.74 Å². The first-order valence-corrected chi connectivity index (χ1v) is 7.07. The first-order chi connectivity index (χ1) is 8.46. The smallest absolute Gasteiger partial charge is 0.123 e. The average Bonchev–Trinajstić information content (AvgIpc) is 2.29. The Morgan fingerprint density at radius 1 is 1.50 bits per heavy atom. The molecule has 0 spiro atoms. The van der Waals surface area contributed by atoms with E-state index in [1.165, 1.54) is 6.07 Å². The molecule has 0 saturated carbocycles. The van der Waals surface area contributed by atoms with Crippen molar-refractivity contribution in [3.05, 3.63) is 34.1 Å². The van der Waals surface area contributed by atoms with E-state index < -0.39 is 0 Å². The minimum atomic E-state index is -0.192. The van der Waals surface area contributed by atoms with Gasteiger partial charge < -0.3 is 10.1 Å². The molecule has 0 radical (unpaired) electrons. The lowest BCUT2D eigenvalue weighted by Crippen LogP contribution is -2.43. The van der Waals surface area contributed by atoms with Crippen molar-refractivity contribution < 1.29 is 9.13 Å². The van der Waals surface area contributed by atoms with E-state index in [-0.39, 0.29) is 11.4 Å². The molecule has 0 aromatic heterocycles. The van der Waals surface area contributed by atoms with Gasteiger partial charge in [0, 0.05) is 23.7 Å². The molecule has 0 bridgehead atoms. The maximum atomic E-state index is 13.2. The van der Waals surface area contributed by atoms with Crippen molar-refractivity contribution in [1.29, 1.82) is 0 Å². The minimum absolute atomic E-state index is 0.0604. The van der Waals surface area contributed by atoms with Gasteiger partial charge >= 0.3 is 0 Å². The maximum absolute atomic E-state index is 13.2. The summed E-state index contributed by atoms with van der Waals surface area (Å²) in [5.41, 5.74) is 0.897.